The van der Waals surface area contributed by atoms with Crippen molar-refractivity contribution in [3.05, 3.63) is 33.4 Å². The fourth-order valence-corrected chi connectivity index (χ4v) is 6.30. The molecule has 0 spiro atoms. The van der Waals surface area contributed by atoms with E-state index in [1.807, 2.05) is 13.8 Å². The molecule has 2 aromatic rings. The molecule has 2 aromatic heterocycles. The van der Waals surface area contributed by atoms with E-state index in [4.69, 9.17) is 4.74 Å². The Morgan fingerprint density at radius 1 is 0.675 bits per heavy atom. The molecule has 40 heavy (non-hydrogen) atoms. The third-order valence-corrected chi connectivity index (χ3v) is 9.45. The first-order chi connectivity index (χ1) is 19.2. The second-order valence-electron chi connectivity index (χ2n) is 11.4. The number of rotatable bonds is 21. The lowest BCUT2D eigenvalue weighted by Gasteiger charge is -2.33. The average Bonchev–Trinajstić information content (AvgIpc) is 3.42. The van der Waals surface area contributed by atoms with E-state index in [0.717, 1.165) is 83.7 Å². The molecule has 230 valence electrons. The smallest absolute Gasteiger partial charge is 0.331 e. The molecule has 9 heteroatoms. The van der Waals surface area contributed by atoms with Crippen molar-refractivity contribution in [1.82, 2.24) is 18.3 Å². The van der Waals surface area contributed by atoms with Crippen LogP contribution in [0.5, 0.6) is 11.8 Å². The van der Waals surface area contributed by atoms with Crippen molar-refractivity contribution in [3.8, 4) is 11.8 Å². The van der Waals surface area contributed by atoms with E-state index in [1.165, 1.54) is 10.8 Å². The van der Waals surface area contributed by atoms with Gasteiger partial charge in [0.2, 0.25) is 11.8 Å². The molecular weight excluding hydrogens is 508 g/mol. The molecule has 0 saturated heterocycles. The van der Waals surface area contributed by atoms with Crippen molar-refractivity contribution < 1.29 is 14.9 Å². The topological polar surface area (TPSA) is 104 Å². The molecule has 0 bridgehead atoms. The van der Waals surface area contributed by atoms with Gasteiger partial charge in [-0.2, -0.15) is 0 Å². The average molecular weight is 565 g/mol. The highest BCUT2D eigenvalue weighted by molar-refractivity contribution is 5.10. The minimum atomic E-state index is -0.363. The number of nitrogens with zero attached hydrogens (tertiary/aromatic N) is 4. The van der Waals surface area contributed by atoms with E-state index in [0.29, 0.717) is 26.2 Å². The van der Waals surface area contributed by atoms with Crippen LogP contribution in [0.3, 0.4) is 0 Å². The lowest BCUT2D eigenvalue weighted by Crippen LogP contribution is -2.40. The SMILES string of the molecule is CCn1cc(O)n(CCCC(CC)(CC)CCCCOCCCCC(CC)(CC)n2c(O)cn(CC)c2=O)c1=O. The second-order valence-corrected chi connectivity index (χ2v) is 11.4. The summed E-state index contributed by atoms with van der Waals surface area (Å²) >= 11 is 0. The third-order valence-electron chi connectivity index (χ3n) is 9.45. The number of ether oxygens (including phenoxy) is 1. The van der Waals surface area contributed by atoms with Crippen LogP contribution in [0.25, 0.3) is 0 Å². The van der Waals surface area contributed by atoms with Crippen molar-refractivity contribution in [2.75, 3.05) is 13.2 Å². The second kappa shape index (κ2) is 16.1. The van der Waals surface area contributed by atoms with E-state index in [2.05, 4.69) is 27.7 Å². The lowest BCUT2D eigenvalue weighted by atomic mass is 9.74. The Morgan fingerprint density at radius 2 is 1.20 bits per heavy atom. The van der Waals surface area contributed by atoms with Crippen molar-refractivity contribution in [2.45, 2.75) is 144 Å². The summed E-state index contributed by atoms with van der Waals surface area (Å²) in [5.41, 5.74) is -0.361. The number of aromatic nitrogens is 4. The largest absolute Gasteiger partial charge is 0.493 e. The molecule has 0 amide bonds. The summed E-state index contributed by atoms with van der Waals surface area (Å²) in [6, 6.07) is 0. The van der Waals surface area contributed by atoms with Gasteiger partial charge in [0, 0.05) is 32.8 Å². The first-order valence-electron chi connectivity index (χ1n) is 15.8. The molecule has 0 fully saturated rings. The summed E-state index contributed by atoms with van der Waals surface area (Å²) in [6.07, 6.45) is 14.8. The summed E-state index contributed by atoms with van der Waals surface area (Å²) < 4.78 is 12.2. The fourth-order valence-electron chi connectivity index (χ4n) is 6.30. The first-order valence-corrected chi connectivity index (χ1v) is 15.8. The van der Waals surface area contributed by atoms with Gasteiger partial charge in [-0.15, -0.1) is 0 Å². The van der Waals surface area contributed by atoms with E-state index in [-0.39, 0.29) is 34.1 Å². The predicted molar refractivity (Wildman–Crippen MR) is 161 cm³/mol. The Bertz CT molecular complexity index is 1120. The number of aryl methyl sites for hydroxylation is 2. The third kappa shape index (κ3) is 8.08. The molecule has 2 N–H and O–H groups in total. The van der Waals surface area contributed by atoms with Crippen LogP contribution in [0.1, 0.15) is 119 Å². The highest BCUT2D eigenvalue weighted by Gasteiger charge is 2.32. The predicted octanol–water partition coefficient (Wildman–Crippen LogP) is 6.22. The number of imidazole rings is 2. The van der Waals surface area contributed by atoms with E-state index >= 15 is 0 Å². The Balaban J connectivity index is 1.73. The Labute approximate surface area is 240 Å². The summed E-state index contributed by atoms with van der Waals surface area (Å²) in [6.45, 7) is 15.6. The Morgan fingerprint density at radius 3 is 1.70 bits per heavy atom. The molecule has 0 aliphatic rings. The number of unbranched alkanes of at least 4 members (excludes halogenated alkanes) is 2. The zero-order valence-electron chi connectivity index (χ0n) is 26.1. The molecule has 2 heterocycles. The monoisotopic (exact) mass is 564 g/mol. The summed E-state index contributed by atoms with van der Waals surface area (Å²) in [5.74, 6) is 0.116. The van der Waals surface area contributed by atoms with Gasteiger partial charge in [0.1, 0.15) is 0 Å². The van der Waals surface area contributed by atoms with Crippen LogP contribution in [-0.4, -0.2) is 41.7 Å². The van der Waals surface area contributed by atoms with Crippen LogP contribution in [0.2, 0.25) is 0 Å². The van der Waals surface area contributed by atoms with Crippen LogP contribution >= 0.6 is 0 Å². The zero-order valence-corrected chi connectivity index (χ0v) is 26.1. The maximum atomic E-state index is 12.8. The van der Waals surface area contributed by atoms with Gasteiger partial charge in [-0.3, -0.25) is 18.3 Å². The summed E-state index contributed by atoms with van der Waals surface area (Å²) in [5, 5.41) is 20.6. The molecule has 0 unspecified atom stereocenters. The highest BCUT2D eigenvalue weighted by atomic mass is 16.5. The van der Waals surface area contributed by atoms with Crippen LogP contribution < -0.4 is 11.4 Å². The molecule has 2 rings (SSSR count). The van der Waals surface area contributed by atoms with Crippen molar-refractivity contribution >= 4 is 0 Å². The highest BCUT2D eigenvalue weighted by Crippen LogP contribution is 2.38. The summed E-state index contributed by atoms with van der Waals surface area (Å²) in [4.78, 5) is 25.2. The minimum Gasteiger partial charge on any atom is -0.493 e. The molecule has 0 saturated carbocycles. The molecule has 0 aliphatic carbocycles. The van der Waals surface area contributed by atoms with E-state index < -0.39 is 0 Å². The van der Waals surface area contributed by atoms with Gasteiger partial charge in [0.25, 0.3) is 0 Å². The standard InChI is InChI=1S/C31H56N4O5/c1-7-30(8-2,19-17-21-34-26(36)24-32(11-5)28(34)38)18-13-15-22-40-23-16-14-20-31(9-3,10-4)35-27(37)25-33(12-6)29(35)39/h24-25,36-37H,7-23H2,1-6H3. The van der Waals surface area contributed by atoms with E-state index in [1.54, 1.807) is 19.9 Å². The van der Waals surface area contributed by atoms with Crippen LogP contribution in [-0.2, 0) is 29.9 Å². The van der Waals surface area contributed by atoms with E-state index in [9.17, 15) is 19.8 Å². The maximum absolute atomic E-state index is 12.8. The first kappa shape index (κ1) is 33.8. The van der Waals surface area contributed by atoms with Crippen molar-refractivity contribution in [1.29, 1.82) is 0 Å². The molecule has 9 nitrogen and oxygen atoms in total. The van der Waals surface area contributed by atoms with Crippen molar-refractivity contribution in [3.63, 3.8) is 0 Å². The molecule has 0 radical (unpaired) electrons. The van der Waals surface area contributed by atoms with Crippen LogP contribution in [0, 0.1) is 5.41 Å². The van der Waals surface area contributed by atoms with Crippen molar-refractivity contribution in [2.24, 2.45) is 5.41 Å². The Hall–Kier alpha value is -2.42. The number of hydrogen-bond acceptors (Lipinski definition) is 5. The van der Waals surface area contributed by atoms with Gasteiger partial charge in [-0.05, 0) is 77.0 Å². The van der Waals surface area contributed by atoms with Gasteiger partial charge in [0.05, 0.1) is 17.9 Å². The molecular formula is C31H56N4O5. The van der Waals surface area contributed by atoms with Crippen LogP contribution in [0.15, 0.2) is 22.0 Å². The zero-order chi connectivity index (χ0) is 29.8. The molecule has 0 atom stereocenters. The molecule has 0 aliphatic heterocycles. The quantitative estimate of drug-likeness (QED) is 0.175. The van der Waals surface area contributed by atoms with Gasteiger partial charge in [-0.1, -0.05) is 47.0 Å². The fraction of sp³-hybridized carbons (Fsp3) is 0.806. The van der Waals surface area contributed by atoms with Gasteiger partial charge in [0.15, 0.2) is 0 Å². The number of aromatic hydroxyl groups is 2. The van der Waals surface area contributed by atoms with Gasteiger partial charge in [-0.25, -0.2) is 9.59 Å². The maximum Gasteiger partial charge on any atom is 0.331 e. The minimum absolute atomic E-state index is 0.0559. The normalized spacial score (nSPS) is 12.4. The lowest BCUT2D eigenvalue weighted by molar-refractivity contribution is 0.114. The van der Waals surface area contributed by atoms with Gasteiger partial charge < -0.3 is 14.9 Å². The number of hydrogen-bond donors (Lipinski definition) is 2. The van der Waals surface area contributed by atoms with Gasteiger partial charge >= 0.3 is 11.4 Å². The molecule has 0 aromatic carbocycles. The van der Waals surface area contributed by atoms with Crippen LogP contribution in [0.4, 0.5) is 0 Å². The Kier molecular flexibility index (Phi) is 13.6. The summed E-state index contributed by atoms with van der Waals surface area (Å²) in [7, 11) is 0.